The number of halogens is 1. The third-order valence-electron chi connectivity index (χ3n) is 4.54. The van der Waals surface area contributed by atoms with E-state index in [9.17, 15) is 0 Å². The molecule has 116 valence electrons. The molecule has 3 nitrogen and oxygen atoms in total. The molecule has 4 heteroatoms. The fourth-order valence-corrected chi connectivity index (χ4v) is 3.69. The molecule has 3 rings (SSSR count). The Morgan fingerprint density at radius 1 is 1.10 bits per heavy atom. The van der Waals surface area contributed by atoms with E-state index in [1.54, 1.807) is 7.11 Å². The van der Waals surface area contributed by atoms with Crippen LogP contribution in [0.15, 0.2) is 12.1 Å². The van der Waals surface area contributed by atoms with E-state index in [-0.39, 0.29) is 0 Å². The standard InChI is InChI=1S/C17H24ClNO2/c1-20-17-14(18)10-12(15-8-4-5-9-19-15)11-16(17)21-13-6-2-3-7-13/h10-11,13,15,19H,2-9H2,1H3. The van der Waals surface area contributed by atoms with E-state index in [1.165, 1.54) is 31.2 Å². The Kier molecular flexibility index (Phi) is 4.91. The average molecular weight is 310 g/mol. The summed E-state index contributed by atoms with van der Waals surface area (Å²) in [6.07, 6.45) is 8.76. The number of rotatable bonds is 4. The van der Waals surface area contributed by atoms with Crippen molar-refractivity contribution in [2.24, 2.45) is 0 Å². The van der Waals surface area contributed by atoms with Gasteiger partial charge in [0.2, 0.25) is 0 Å². The van der Waals surface area contributed by atoms with Gasteiger partial charge >= 0.3 is 0 Å². The molecule has 0 bridgehead atoms. The van der Waals surface area contributed by atoms with Gasteiger partial charge in [-0.15, -0.1) is 0 Å². The molecule has 0 spiro atoms. The van der Waals surface area contributed by atoms with Gasteiger partial charge in [-0.2, -0.15) is 0 Å². The van der Waals surface area contributed by atoms with Gasteiger partial charge in [0.25, 0.3) is 0 Å². The van der Waals surface area contributed by atoms with E-state index in [4.69, 9.17) is 21.1 Å². The van der Waals surface area contributed by atoms with Crippen LogP contribution in [0.2, 0.25) is 5.02 Å². The Hall–Kier alpha value is -0.930. The van der Waals surface area contributed by atoms with Crippen molar-refractivity contribution in [3.63, 3.8) is 0 Å². The van der Waals surface area contributed by atoms with Crippen molar-refractivity contribution in [3.05, 3.63) is 22.7 Å². The first-order chi connectivity index (χ1) is 10.3. The summed E-state index contributed by atoms with van der Waals surface area (Å²) in [5, 5.41) is 4.21. The lowest BCUT2D eigenvalue weighted by molar-refractivity contribution is 0.200. The highest BCUT2D eigenvalue weighted by Crippen LogP contribution is 2.40. The van der Waals surface area contributed by atoms with Crippen LogP contribution in [0.1, 0.15) is 56.6 Å². The zero-order chi connectivity index (χ0) is 14.7. The summed E-state index contributed by atoms with van der Waals surface area (Å²) in [5.41, 5.74) is 1.22. The molecule has 1 heterocycles. The van der Waals surface area contributed by atoms with Crippen molar-refractivity contribution in [3.8, 4) is 11.5 Å². The Labute approximate surface area is 132 Å². The Bertz CT molecular complexity index is 480. The highest BCUT2D eigenvalue weighted by atomic mass is 35.5. The molecule has 1 aliphatic carbocycles. The van der Waals surface area contributed by atoms with Crippen molar-refractivity contribution in [2.45, 2.75) is 57.1 Å². The second-order valence-electron chi connectivity index (χ2n) is 6.06. The van der Waals surface area contributed by atoms with Gasteiger partial charge in [-0.1, -0.05) is 18.0 Å². The van der Waals surface area contributed by atoms with Gasteiger partial charge in [-0.3, -0.25) is 0 Å². The molecule has 1 unspecified atom stereocenters. The first kappa shape index (κ1) is 15.0. The van der Waals surface area contributed by atoms with Crippen LogP contribution in [-0.4, -0.2) is 19.8 Å². The van der Waals surface area contributed by atoms with Gasteiger partial charge < -0.3 is 14.8 Å². The molecule has 21 heavy (non-hydrogen) atoms. The van der Waals surface area contributed by atoms with Crippen molar-refractivity contribution >= 4 is 11.6 Å². The molecule has 1 aromatic rings. The van der Waals surface area contributed by atoms with Gasteiger partial charge in [0.1, 0.15) is 0 Å². The quantitative estimate of drug-likeness (QED) is 0.889. The van der Waals surface area contributed by atoms with Gasteiger partial charge in [0, 0.05) is 6.04 Å². The van der Waals surface area contributed by atoms with Gasteiger partial charge in [-0.25, -0.2) is 0 Å². The maximum atomic E-state index is 6.41. The summed E-state index contributed by atoms with van der Waals surface area (Å²) in [6.45, 7) is 1.08. The summed E-state index contributed by atoms with van der Waals surface area (Å²) in [4.78, 5) is 0. The summed E-state index contributed by atoms with van der Waals surface area (Å²) in [7, 11) is 1.65. The number of nitrogens with one attached hydrogen (secondary N) is 1. The van der Waals surface area contributed by atoms with Gasteiger partial charge in [0.15, 0.2) is 11.5 Å². The van der Waals surface area contributed by atoms with Crippen LogP contribution in [0.4, 0.5) is 0 Å². The van der Waals surface area contributed by atoms with E-state index < -0.39 is 0 Å². The van der Waals surface area contributed by atoms with Gasteiger partial charge in [-0.05, 0) is 62.8 Å². The smallest absolute Gasteiger partial charge is 0.179 e. The molecule has 0 radical (unpaired) electrons. The van der Waals surface area contributed by atoms with E-state index in [0.717, 1.165) is 31.6 Å². The molecule has 1 atom stereocenters. The van der Waals surface area contributed by atoms with Crippen molar-refractivity contribution in [2.75, 3.05) is 13.7 Å². The molecule has 1 N–H and O–H groups in total. The molecule has 1 saturated carbocycles. The van der Waals surface area contributed by atoms with Crippen molar-refractivity contribution in [1.29, 1.82) is 0 Å². The molecule has 1 aliphatic heterocycles. The molecule has 2 fully saturated rings. The second-order valence-corrected chi connectivity index (χ2v) is 6.47. The predicted octanol–water partition coefficient (Wildman–Crippen LogP) is 4.48. The minimum atomic E-state index is 0.310. The Morgan fingerprint density at radius 2 is 1.86 bits per heavy atom. The Morgan fingerprint density at radius 3 is 2.52 bits per heavy atom. The van der Waals surface area contributed by atoms with E-state index in [0.29, 0.717) is 22.9 Å². The maximum Gasteiger partial charge on any atom is 0.179 e. The summed E-state index contributed by atoms with van der Waals surface area (Å²) in [5.74, 6) is 1.47. The maximum absolute atomic E-state index is 6.41. The first-order valence-electron chi connectivity index (χ1n) is 8.05. The highest BCUT2D eigenvalue weighted by Gasteiger charge is 2.23. The molecule has 1 saturated heterocycles. The largest absolute Gasteiger partial charge is 0.491 e. The second kappa shape index (κ2) is 6.89. The topological polar surface area (TPSA) is 30.5 Å². The lowest BCUT2D eigenvalue weighted by atomic mass is 9.97. The monoisotopic (exact) mass is 309 g/mol. The fourth-order valence-electron chi connectivity index (χ4n) is 3.40. The molecule has 2 aliphatic rings. The van der Waals surface area contributed by atoms with Crippen molar-refractivity contribution < 1.29 is 9.47 Å². The summed E-state index contributed by atoms with van der Waals surface area (Å²) < 4.78 is 11.6. The highest BCUT2D eigenvalue weighted by molar-refractivity contribution is 6.32. The predicted molar refractivity (Wildman–Crippen MR) is 85.5 cm³/mol. The van der Waals surface area contributed by atoms with Crippen LogP contribution in [0.5, 0.6) is 11.5 Å². The number of hydrogen-bond acceptors (Lipinski definition) is 3. The number of piperidine rings is 1. The number of ether oxygens (including phenoxy) is 2. The van der Waals surface area contributed by atoms with Crippen LogP contribution in [-0.2, 0) is 0 Å². The van der Waals surface area contributed by atoms with Crippen LogP contribution in [0, 0.1) is 0 Å². The van der Waals surface area contributed by atoms with Crippen LogP contribution in [0.3, 0.4) is 0 Å². The Balaban J connectivity index is 1.85. The lowest BCUT2D eigenvalue weighted by Gasteiger charge is -2.25. The first-order valence-corrected chi connectivity index (χ1v) is 8.43. The molecule has 0 amide bonds. The lowest BCUT2D eigenvalue weighted by Crippen LogP contribution is -2.26. The fraction of sp³-hybridized carbons (Fsp3) is 0.647. The minimum Gasteiger partial charge on any atom is -0.491 e. The van der Waals surface area contributed by atoms with Gasteiger partial charge in [0.05, 0.1) is 18.2 Å². The van der Waals surface area contributed by atoms with Crippen LogP contribution >= 0.6 is 11.6 Å². The third-order valence-corrected chi connectivity index (χ3v) is 4.83. The minimum absolute atomic E-state index is 0.310. The molecule has 1 aromatic carbocycles. The van der Waals surface area contributed by atoms with Crippen LogP contribution < -0.4 is 14.8 Å². The van der Waals surface area contributed by atoms with Crippen LogP contribution in [0.25, 0.3) is 0 Å². The summed E-state index contributed by atoms with van der Waals surface area (Å²) in [6, 6.07) is 4.52. The zero-order valence-corrected chi connectivity index (χ0v) is 13.4. The number of hydrogen-bond donors (Lipinski definition) is 1. The zero-order valence-electron chi connectivity index (χ0n) is 12.7. The average Bonchev–Trinajstić information content (AvgIpc) is 3.01. The van der Waals surface area contributed by atoms with E-state index >= 15 is 0 Å². The molecule has 0 aromatic heterocycles. The van der Waals surface area contributed by atoms with Crippen molar-refractivity contribution in [1.82, 2.24) is 5.32 Å². The summed E-state index contributed by atoms with van der Waals surface area (Å²) >= 11 is 6.41. The normalized spacial score (nSPS) is 23.2. The number of benzene rings is 1. The molecular formula is C17H24ClNO2. The molecular weight excluding hydrogens is 286 g/mol. The van der Waals surface area contributed by atoms with E-state index in [1.807, 2.05) is 6.07 Å². The number of methoxy groups -OCH3 is 1. The van der Waals surface area contributed by atoms with E-state index in [2.05, 4.69) is 11.4 Å². The third kappa shape index (κ3) is 3.46. The SMILES string of the molecule is COc1c(Cl)cc(C2CCCCN2)cc1OC1CCCC1.